The van der Waals surface area contributed by atoms with E-state index in [0.717, 1.165) is 12.1 Å². The van der Waals surface area contributed by atoms with Crippen molar-refractivity contribution in [2.45, 2.75) is 26.4 Å². The fourth-order valence-electron chi connectivity index (χ4n) is 1.06. The standard InChI is InChI=1S/C11H13ClFNO3/c1-11(2,3)17-10(16)14-9-6(13)4-5-7(15)8(9)12/h4-5,15H,1-3H3,(H,14,16). The Morgan fingerprint density at radius 1 is 1.47 bits per heavy atom. The van der Waals surface area contributed by atoms with E-state index in [2.05, 4.69) is 5.32 Å². The lowest BCUT2D eigenvalue weighted by Gasteiger charge is -2.20. The second-order valence-corrected chi connectivity index (χ2v) is 4.76. The molecular weight excluding hydrogens is 249 g/mol. The van der Waals surface area contributed by atoms with E-state index < -0.39 is 17.5 Å². The molecule has 0 fully saturated rings. The highest BCUT2D eigenvalue weighted by molar-refractivity contribution is 6.35. The van der Waals surface area contributed by atoms with E-state index in [4.69, 9.17) is 16.3 Å². The average Bonchev–Trinajstić information content (AvgIpc) is 2.16. The van der Waals surface area contributed by atoms with E-state index in [9.17, 15) is 14.3 Å². The summed E-state index contributed by atoms with van der Waals surface area (Å²) in [5.41, 5.74) is -1.01. The minimum atomic E-state index is -0.844. The molecule has 0 aromatic heterocycles. The van der Waals surface area contributed by atoms with Crippen LogP contribution in [0, 0.1) is 5.82 Å². The Kier molecular flexibility index (Phi) is 3.83. The van der Waals surface area contributed by atoms with Crippen LogP contribution in [0.3, 0.4) is 0 Å². The smallest absolute Gasteiger partial charge is 0.412 e. The van der Waals surface area contributed by atoms with Crippen LogP contribution in [-0.2, 0) is 4.74 Å². The Hall–Kier alpha value is -1.49. The van der Waals surface area contributed by atoms with E-state index in [-0.39, 0.29) is 16.5 Å². The van der Waals surface area contributed by atoms with Gasteiger partial charge in [0.1, 0.15) is 27.9 Å². The second kappa shape index (κ2) is 4.79. The number of ether oxygens (including phenoxy) is 1. The van der Waals surface area contributed by atoms with E-state index in [1.54, 1.807) is 20.8 Å². The summed E-state index contributed by atoms with van der Waals surface area (Å²) in [7, 11) is 0. The molecule has 0 saturated carbocycles. The molecule has 1 rings (SSSR count). The lowest BCUT2D eigenvalue weighted by molar-refractivity contribution is 0.0635. The van der Waals surface area contributed by atoms with Crippen molar-refractivity contribution >= 4 is 23.4 Å². The number of phenolic OH excluding ortho intramolecular Hbond substituents is 1. The first-order valence-corrected chi connectivity index (χ1v) is 5.25. The first-order valence-electron chi connectivity index (χ1n) is 4.87. The van der Waals surface area contributed by atoms with Crippen LogP contribution in [0.1, 0.15) is 20.8 Å². The normalized spacial score (nSPS) is 11.1. The molecule has 0 atom stereocenters. The fourth-order valence-corrected chi connectivity index (χ4v) is 1.26. The number of nitrogens with one attached hydrogen (secondary N) is 1. The van der Waals surface area contributed by atoms with Gasteiger partial charge in [0.15, 0.2) is 0 Å². The van der Waals surface area contributed by atoms with E-state index in [1.165, 1.54) is 0 Å². The van der Waals surface area contributed by atoms with Gasteiger partial charge in [-0.2, -0.15) is 0 Å². The molecule has 17 heavy (non-hydrogen) atoms. The second-order valence-electron chi connectivity index (χ2n) is 4.38. The van der Waals surface area contributed by atoms with Crippen LogP contribution in [0.4, 0.5) is 14.9 Å². The first kappa shape index (κ1) is 13.6. The molecular formula is C11H13ClFNO3. The zero-order chi connectivity index (χ0) is 13.2. The Morgan fingerprint density at radius 2 is 2.06 bits per heavy atom. The SMILES string of the molecule is CC(C)(C)OC(=O)Nc1c(F)ccc(O)c1Cl. The number of phenols is 1. The van der Waals surface area contributed by atoms with E-state index >= 15 is 0 Å². The molecule has 0 unspecified atom stereocenters. The molecule has 1 aromatic carbocycles. The van der Waals surface area contributed by atoms with Crippen LogP contribution in [0.15, 0.2) is 12.1 Å². The highest BCUT2D eigenvalue weighted by Gasteiger charge is 2.19. The molecule has 2 N–H and O–H groups in total. The van der Waals surface area contributed by atoms with Gasteiger partial charge in [-0.25, -0.2) is 9.18 Å². The third kappa shape index (κ3) is 3.78. The highest BCUT2D eigenvalue weighted by atomic mass is 35.5. The molecule has 4 nitrogen and oxygen atoms in total. The van der Waals surface area contributed by atoms with Gasteiger partial charge >= 0.3 is 6.09 Å². The molecule has 0 saturated heterocycles. The Labute approximate surface area is 103 Å². The van der Waals surface area contributed by atoms with E-state index in [0.29, 0.717) is 0 Å². The van der Waals surface area contributed by atoms with Gasteiger partial charge in [0, 0.05) is 0 Å². The number of anilines is 1. The fraction of sp³-hybridized carbons (Fsp3) is 0.364. The average molecular weight is 262 g/mol. The summed E-state index contributed by atoms with van der Waals surface area (Å²) in [5, 5.41) is 11.2. The van der Waals surface area contributed by atoms with Crippen LogP contribution in [0.2, 0.25) is 5.02 Å². The summed E-state index contributed by atoms with van der Waals surface area (Å²) in [4.78, 5) is 11.4. The maximum atomic E-state index is 13.4. The third-order valence-electron chi connectivity index (χ3n) is 1.70. The quantitative estimate of drug-likeness (QED) is 0.813. The number of amides is 1. The van der Waals surface area contributed by atoms with Crippen molar-refractivity contribution < 1.29 is 19.0 Å². The molecule has 6 heteroatoms. The van der Waals surface area contributed by atoms with Crippen LogP contribution >= 0.6 is 11.6 Å². The van der Waals surface area contributed by atoms with Crippen molar-refractivity contribution in [3.63, 3.8) is 0 Å². The zero-order valence-electron chi connectivity index (χ0n) is 9.67. The Morgan fingerprint density at radius 3 is 2.59 bits per heavy atom. The van der Waals surface area contributed by atoms with Gasteiger partial charge in [0.05, 0.1) is 0 Å². The number of hydrogen-bond acceptors (Lipinski definition) is 3. The van der Waals surface area contributed by atoms with Gasteiger partial charge in [-0.3, -0.25) is 5.32 Å². The number of rotatable bonds is 1. The number of aromatic hydroxyl groups is 1. The maximum Gasteiger partial charge on any atom is 0.412 e. The largest absolute Gasteiger partial charge is 0.506 e. The first-order chi connectivity index (χ1) is 7.70. The molecule has 0 aliphatic heterocycles. The molecule has 1 amide bonds. The predicted octanol–water partition coefficient (Wildman–Crippen LogP) is 3.53. The summed E-state index contributed by atoms with van der Waals surface area (Å²) >= 11 is 5.65. The van der Waals surface area contributed by atoms with Gasteiger partial charge < -0.3 is 9.84 Å². The van der Waals surface area contributed by atoms with Crippen molar-refractivity contribution in [1.29, 1.82) is 0 Å². The van der Waals surface area contributed by atoms with Crippen molar-refractivity contribution in [1.82, 2.24) is 0 Å². The number of benzene rings is 1. The molecule has 0 heterocycles. The van der Waals surface area contributed by atoms with Crippen LogP contribution < -0.4 is 5.32 Å². The number of carbonyl (C=O) groups is 1. The molecule has 0 aliphatic rings. The maximum absolute atomic E-state index is 13.4. The van der Waals surface area contributed by atoms with Gasteiger partial charge in [0.2, 0.25) is 0 Å². The number of hydrogen-bond donors (Lipinski definition) is 2. The minimum absolute atomic E-state index is 0.268. The molecule has 0 aliphatic carbocycles. The van der Waals surface area contributed by atoms with Crippen LogP contribution in [0.25, 0.3) is 0 Å². The molecule has 0 bridgehead atoms. The lowest BCUT2D eigenvalue weighted by atomic mass is 10.2. The minimum Gasteiger partial charge on any atom is -0.506 e. The van der Waals surface area contributed by atoms with Crippen molar-refractivity contribution in [2.24, 2.45) is 0 Å². The molecule has 0 radical (unpaired) electrons. The summed E-state index contributed by atoms with van der Waals surface area (Å²) in [6.07, 6.45) is -0.844. The van der Waals surface area contributed by atoms with Gasteiger partial charge in [-0.15, -0.1) is 0 Å². The van der Waals surface area contributed by atoms with Crippen molar-refractivity contribution in [3.05, 3.63) is 23.0 Å². The zero-order valence-corrected chi connectivity index (χ0v) is 10.4. The van der Waals surface area contributed by atoms with Gasteiger partial charge in [0.25, 0.3) is 0 Å². The van der Waals surface area contributed by atoms with Crippen LogP contribution in [-0.4, -0.2) is 16.8 Å². The van der Waals surface area contributed by atoms with Gasteiger partial charge in [-0.1, -0.05) is 11.6 Å². The van der Waals surface area contributed by atoms with E-state index in [1.807, 2.05) is 0 Å². The Balaban J connectivity index is 2.89. The molecule has 94 valence electrons. The van der Waals surface area contributed by atoms with Gasteiger partial charge in [-0.05, 0) is 32.9 Å². The summed E-state index contributed by atoms with van der Waals surface area (Å²) < 4.78 is 18.3. The monoisotopic (exact) mass is 261 g/mol. The number of carbonyl (C=O) groups excluding carboxylic acids is 1. The molecule has 1 aromatic rings. The van der Waals surface area contributed by atoms with Crippen molar-refractivity contribution in [3.8, 4) is 5.75 Å². The Bertz CT molecular complexity index is 443. The lowest BCUT2D eigenvalue weighted by Crippen LogP contribution is -2.27. The number of halogens is 2. The third-order valence-corrected chi connectivity index (χ3v) is 2.08. The summed E-state index contributed by atoms with van der Waals surface area (Å²) in [5.74, 6) is -1.07. The topological polar surface area (TPSA) is 58.6 Å². The highest BCUT2D eigenvalue weighted by Crippen LogP contribution is 2.33. The summed E-state index contributed by atoms with van der Waals surface area (Å²) in [6.45, 7) is 5.02. The van der Waals surface area contributed by atoms with Crippen molar-refractivity contribution in [2.75, 3.05) is 5.32 Å². The predicted molar refractivity (Wildman–Crippen MR) is 62.9 cm³/mol. The molecule has 0 spiro atoms. The summed E-state index contributed by atoms with van der Waals surface area (Å²) in [6, 6.07) is 2.09. The van der Waals surface area contributed by atoms with Crippen LogP contribution in [0.5, 0.6) is 5.75 Å².